The third kappa shape index (κ3) is 4.17. The molecule has 1 aliphatic rings. The molecule has 162 valence electrons. The van der Waals surface area contributed by atoms with E-state index in [2.05, 4.69) is 15.5 Å². The van der Waals surface area contributed by atoms with E-state index in [1.165, 1.54) is 21.8 Å². The van der Waals surface area contributed by atoms with Gasteiger partial charge in [0.2, 0.25) is 12.7 Å². The molecule has 0 fully saturated rings. The minimum absolute atomic E-state index is 0.196. The molecule has 9 nitrogen and oxygen atoms in total. The van der Waals surface area contributed by atoms with Gasteiger partial charge in [-0.25, -0.2) is 9.48 Å². The zero-order valence-electron chi connectivity index (χ0n) is 17.1. The third-order valence-electron chi connectivity index (χ3n) is 4.88. The summed E-state index contributed by atoms with van der Waals surface area (Å²) in [5, 5.41) is 12.0. The van der Waals surface area contributed by atoms with Crippen LogP contribution in [0.15, 0.2) is 69.3 Å². The van der Waals surface area contributed by atoms with E-state index >= 15 is 0 Å². The van der Waals surface area contributed by atoms with E-state index in [4.69, 9.17) is 9.47 Å². The van der Waals surface area contributed by atoms with Crippen molar-refractivity contribution in [2.75, 3.05) is 6.79 Å². The number of carbonyl (C=O) groups is 1. The van der Waals surface area contributed by atoms with Crippen molar-refractivity contribution in [3.05, 3.63) is 76.2 Å². The minimum Gasteiger partial charge on any atom is -0.454 e. The number of ether oxygens (including phenoxy) is 2. The number of fused-ring (bicyclic) bond motifs is 2. The predicted molar refractivity (Wildman–Crippen MR) is 117 cm³/mol. The zero-order valence-corrected chi connectivity index (χ0v) is 18.0. The summed E-state index contributed by atoms with van der Waals surface area (Å²) in [5.74, 6) is 1.00. The van der Waals surface area contributed by atoms with Gasteiger partial charge in [-0.2, -0.15) is 9.61 Å². The smallest absolute Gasteiger partial charge is 0.367 e. The Bertz CT molecular complexity index is 1360. The molecule has 2 aromatic carbocycles. The molecule has 3 heterocycles. The van der Waals surface area contributed by atoms with E-state index in [9.17, 15) is 9.59 Å². The Morgan fingerprint density at radius 2 is 1.88 bits per heavy atom. The molecule has 0 unspecified atom stereocenters. The Morgan fingerprint density at radius 1 is 1.06 bits per heavy atom. The summed E-state index contributed by atoms with van der Waals surface area (Å²) in [7, 11) is 0. The average Bonchev–Trinajstić information content (AvgIpc) is 3.38. The first-order chi connectivity index (χ1) is 15.5. The summed E-state index contributed by atoms with van der Waals surface area (Å²) in [6.45, 7) is 2.32. The molecule has 0 saturated heterocycles. The number of amides is 1. The lowest BCUT2D eigenvalue weighted by molar-refractivity contribution is -0.122. The van der Waals surface area contributed by atoms with Gasteiger partial charge in [0.1, 0.15) is 11.6 Å². The average molecular weight is 449 g/mol. The summed E-state index contributed by atoms with van der Waals surface area (Å²) in [5.41, 5.74) is 1.95. The Balaban J connectivity index is 1.26. The van der Waals surface area contributed by atoms with Crippen LogP contribution >= 0.6 is 11.8 Å². The molecule has 0 bridgehead atoms. The number of rotatable bonds is 6. The van der Waals surface area contributed by atoms with Crippen LogP contribution in [-0.4, -0.2) is 32.1 Å². The first-order valence-electron chi connectivity index (χ1n) is 9.92. The summed E-state index contributed by atoms with van der Waals surface area (Å²) in [6.07, 6.45) is 0. The van der Waals surface area contributed by atoms with Gasteiger partial charge in [-0.3, -0.25) is 4.79 Å². The van der Waals surface area contributed by atoms with Crippen molar-refractivity contribution in [1.82, 2.24) is 24.7 Å². The predicted octanol–water partition coefficient (Wildman–Crippen LogP) is 2.40. The maximum Gasteiger partial charge on any atom is 0.367 e. The van der Waals surface area contributed by atoms with Crippen LogP contribution in [0, 0.1) is 6.92 Å². The number of nitrogens with zero attached hydrogens (tertiary/aromatic N) is 4. The Kier molecular flexibility index (Phi) is 5.28. The van der Waals surface area contributed by atoms with Crippen LogP contribution in [0.4, 0.5) is 0 Å². The Labute approximate surface area is 187 Å². The molecule has 1 aliphatic heterocycles. The molecule has 32 heavy (non-hydrogen) atoms. The number of hydrogen-bond acceptors (Lipinski definition) is 7. The van der Waals surface area contributed by atoms with Gasteiger partial charge in [-0.15, -0.1) is 5.10 Å². The van der Waals surface area contributed by atoms with Gasteiger partial charge in [0.05, 0.1) is 0 Å². The van der Waals surface area contributed by atoms with Crippen molar-refractivity contribution in [2.45, 2.75) is 29.9 Å². The minimum atomic E-state index is -0.468. The van der Waals surface area contributed by atoms with Gasteiger partial charge in [0, 0.05) is 11.4 Å². The zero-order chi connectivity index (χ0) is 22.1. The molecule has 0 atom stereocenters. The van der Waals surface area contributed by atoms with Crippen LogP contribution in [0.25, 0.3) is 5.65 Å². The highest BCUT2D eigenvalue weighted by molar-refractivity contribution is 7.99. The third-order valence-corrected chi connectivity index (χ3v) is 5.81. The number of benzene rings is 2. The van der Waals surface area contributed by atoms with Gasteiger partial charge in [0.15, 0.2) is 17.1 Å². The van der Waals surface area contributed by atoms with Gasteiger partial charge in [0.25, 0.3) is 0 Å². The quantitative estimate of drug-likeness (QED) is 0.482. The molecule has 10 heteroatoms. The lowest BCUT2D eigenvalue weighted by Crippen LogP contribution is -2.32. The molecule has 0 saturated carbocycles. The topological polar surface area (TPSA) is 99.8 Å². The van der Waals surface area contributed by atoms with Crippen molar-refractivity contribution in [2.24, 2.45) is 0 Å². The van der Waals surface area contributed by atoms with Crippen LogP contribution in [0.5, 0.6) is 11.5 Å². The highest BCUT2D eigenvalue weighted by Crippen LogP contribution is 2.32. The molecule has 0 aliphatic carbocycles. The molecule has 4 aromatic rings. The maximum absolute atomic E-state index is 12.7. The summed E-state index contributed by atoms with van der Waals surface area (Å²) < 4.78 is 12.9. The van der Waals surface area contributed by atoms with Crippen molar-refractivity contribution < 1.29 is 14.3 Å². The fraction of sp³-hybridized carbons (Fsp3) is 0.182. The Morgan fingerprint density at radius 3 is 2.72 bits per heavy atom. The second kappa shape index (κ2) is 8.39. The van der Waals surface area contributed by atoms with Gasteiger partial charge >= 0.3 is 5.69 Å². The van der Waals surface area contributed by atoms with E-state index in [-0.39, 0.29) is 19.2 Å². The van der Waals surface area contributed by atoms with E-state index < -0.39 is 5.69 Å². The Hall–Kier alpha value is -3.79. The van der Waals surface area contributed by atoms with E-state index in [1.807, 2.05) is 43.3 Å². The van der Waals surface area contributed by atoms with Crippen molar-refractivity contribution in [3.8, 4) is 11.5 Å². The first kappa shape index (κ1) is 20.1. The fourth-order valence-electron chi connectivity index (χ4n) is 3.22. The maximum atomic E-state index is 12.7. The first-order valence-corrected chi connectivity index (χ1v) is 10.7. The number of hydrogen-bond donors (Lipinski definition) is 1. The largest absolute Gasteiger partial charge is 0.454 e. The normalized spacial score (nSPS) is 12.3. The van der Waals surface area contributed by atoms with E-state index in [0.717, 1.165) is 15.1 Å². The molecule has 0 spiro atoms. The summed E-state index contributed by atoms with van der Waals surface area (Å²) >= 11 is 1.45. The monoisotopic (exact) mass is 449 g/mol. The fourth-order valence-corrected chi connectivity index (χ4v) is 3.99. The van der Waals surface area contributed by atoms with Crippen LogP contribution < -0.4 is 20.5 Å². The van der Waals surface area contributed by atoms with Crippen molar-refractivity contribution in [1.29, 1.82) is 0 Å². The van der Waals surface area contributed by atoms with Gasteiger partial charge in [-0.05, 0) is 48.9 Å². The SMILES string of the molecule is Cc1ccc(Sc2ccc3nn(CC(=O)NCc4ccc5c(c4)OCO5)c(=O)n3n2)cc1. The molecule has 0 radical (unpaired) electrons. The van der Waals surface area contributed by atoms with Crippen LogP contribution in [0.1, 0.15) is 11.1 Å². The molecular weight excluding hydrogens is 430 g/mol. The summed E-state index contributed by atoms with van der Waals surface area (Å²) in [4.78, 5) is 26.1. The second-order valence-electron chi connectivity index (χ2n) is 7.26. The molecule has 2 aromatic heterocycles. The molecular formula is C22H19N5O4S. The standard InChI is InChI=1S/C22H19N5O4S/c1-14-2-5-16(6-3-14)32-21-9-8-19-24-26(22(29)27(19)25-21)12-20(28)23-11-15-4-7-17-18(10-15)31-13-30-17/h2-10H,11-13H2,1H3,(H,23,28). The highest BCUT2D eigenvalue weighted by Gasteiger charge is 2.15. The number of carbonyl (C=O) groups excluding carboxylic acids is 1. The van der Waals surface area contributed by atoms with Gasteiger partial charge < -0.3 is 14.8 Å². The molecule has 1 N–H and O–H groups in total. The lowest BCUT2D eigenvalue weighted by Gasteiger charge is -2.06. The second-order valence-corrected chi connectivity index (χ2v) is 8.36. The van der Waals surface area contributed by atoms with Crippen LogP contribution in [-0.2, 0) is 17.9 Å². The van der Waals surface area contributed by atoms with Crippen LogP contribution in [0.2, 0.25) is 0 Å². The highest BCUT2D eigenvalue weighted by atomic mass is 32.2. The molecule has 5 rings (SSSR count). The molecule has 1 amide bonds. The van der Waals surface area contributed by atoms with E-state index in [1.54, 1.807) is 18.2 Å². The number of aromatic nitrogens is 4. The number of nitrogens with one attached hydrogen (secondary N) is 1. The number of aryl methyl sites for hydroxylation is 1. The van der Waals surface area contributed by atoms with Crippen LogP contribution in [0.3, 0.4) is 0 Å². The van der Waals surface area contributed by atoms with Crippen molar-refractivity contribution in [3.63, 3.8) is 0 Å². The van der Waals surface area contributed by atoms with Gasteiger partial charge in [-0.1, -0.05) is 35.5 Å². The summed E-state index contributed by atoms with van der Waals surface area (Å²) in [6, 6.07) is 17.0. The lowest BCUT2D eigenvalue weighted by atomic mass is 10.2. The van der Waals surface area contributed by atoms with E-state index in [0.29, 0.717) is 28.7 Å². The van der Waals surface area contributed by atoms with Crippen molar-refractivity contribution >= 4 is 23.3 Å².